The predicted octanol–water partition coefficient (Wildman–Crippen LogP) is 3.86. The largest absolute Gasteiger partial charge is 0.419 e. The Bertz CT molecular complexity index is 1380. The van der Waals surface area contributed by atoms with Crippen molar-refractivity contribution in [2.24, 2.45) is 0 Å². The standard InChI is InChI=1S/C23H22F3N5O2S/c1-11-14-6-7-31(21(14)29-10-28-11)22-19(33)18(32)17(34-22)5-3-12-2-4-13-9-15(23(24,25)26)20(27)30-16(13)8-12/h2,4,6-10,17-19,22,32-33H,3,5H2,1H3,(H2,27,30)/t17-,18-,19+,22+/m0/s1. The van der Waals surface area contributed by atoms with Crippen LogP contribution in [0.25, 0.3) is 21.9 Å². The number of aliphatic hydroxyl groups is 2. The van der Waals surface area contributed by atoms with Crippen molar-refractivity contribution in [2.45, 2.75) is 48.8 Å². The molecule has 0 aliphatic carbocycles. The van der Waals surface area contributed by atoms with Crippen LogP contribution in [-0.2, 0) is 12.6 Å². The van der Waals surface area contributed by atoms with E-state index in [1.807, 2.05) is 23.8 Å². The minimum Gasteiger partial charge on any atom is -0.389 e. The van der Waals surface area contributed by atoms with Crippen LogP contribution in [0.1, 0.15) is 28.6 Å². The van der Waals surface area contributed by atoms with Gasteiger partial charge in [0, 0.05) is 22.2 Å². The summed E-state index contributed by atoms with van der Waals surface area (Å²) in [7, 11) is 0. The lowest BCUT2D eigenvalue weighted by Crippen LogP contribution is -2.31. The fraction of sp³-hybridized carbons (Fsp3) is 0.348. The summed E-state index contributed by atoms with van der Waals surface area (Å²) in [6.45, 7) is 1.89. The molecule has 34 heavy (non-hydrogen) atoms. The lowest BCUT2D eigenvalue weighted by molar-refractivity contribution is -0.137. The van der Waals surface area contributed by atoms with Gasteiger partial charge in [-0.1, -0.05) is 12.1 Å². The summed E-state index contributed by atoms with van der Waals surface area (Å²) in [6, 6.07) is 7.96. The van der Waals surface area contributed by atoms with Crippen molar-refractivity contribution in [3.05, 3.63) is 59.7 Å². The maximum Gasteiger partial charge on any atom is 0.419 e. The predicted molar refractivity (Wildman–Crippen MR) is 124 cm³/mol. The second-order valence-electron chi connectivity index (χ2n) is 8.45. The number of nitrogens with two attached hydrogens (primary N) is 1. The lowest BCUT2D eigenvalue weighted by Gasteiger charge is -2.17. The molecular weight excluding hydrogens is 467 g/mol. The number of hydrogen-bond donors (Lipinski definition) is 3. The first-order valence-corrected chi connectivity index (χ1v) is 11.6. The Morgan fingerprint density at radius 3 is 2.68 bits per heavy atom. The number of aryl methyl sites for hydroxylation is 2. The topological polar surface area (TPSA) is 110 Å². The van der Waals surface area contributed by atoms with Crippen molar-refractivity contribution in [3.8, 4) is 0 Å². The average molecular weight is 490 g/mol. The molecule has 3 aromatic heterocycles. The summed E-state index contributed by atoms with van der Waals surface area (Å²) in [5, 5.41) is 22.0. The Morgan fingerprint density at radius 2 is 1.91 bits per heavy atom. The summed E-state index contributed by atoms with van der Waals surface area (Å²) in [5.74, 6) is -0.553. The number of rotatable bonds is 4. The van der Waals surface area contributed by atoms with Gasteiger partial charge in [0.15, 0.2) is 0 Å². The third kappa shape index (κ3) is 3.97. The highest BCUT2D eigenvalue weighted by Gasteiger charge is 2.43. The number of fused-ring (bicyclic) bond motifs is 2. The van der Waals surface area contributed by atoms with Crippen molar-refractivity contribution in [2.75, 3.05) is 5.73 Å². The summed E-state index contributed by atoms with van der Waals surface area (Å²) < 4.78 is 41.1. The number of hydrogen-bond acceptors (Lipinski definition) is 7. The summed E-state index contributed by atoms with van der Waals surface area (Å²) in [4.78, 5) is 12.5. The van der Waals surface area contributed by atoms with Crippen molar-refractivity contribution in [1.82, 2.24) is 19.5 Å². The van der Waals surface area contributed by atoms with Crippen LogP contribution in [0.4, 0.5) is 19.0 Å². The van der Waals surface area contributed by atoms with Gasteiger partial charge >= 0.3 is 6.18 Å². The molecule has 1 aromatic carbocycles. The molecule has 5 rings (SSSR count). The van der Waals surface area contributed by atoms with Gasteiger partial charge in [0.05, 0.1) is 22.9 Å². The zero-order valence-corrected chi connectivity index (χ0v) is 18.9. The Morgan fingerprint density at radius 1 is 1.12 bits per heavy atom. The first-order valence-electron chi connectivity index (χ1n) is 10.7. The lowest BCUT2D eigenvalue weighted by atomic mass is 10.0. The molecule has 1 saturated heterocycles. The molecule has 7 nitrogen and oxygen atoms in total. The van der Waals surface area contributed by atoms with Gasteiger partial charge in [-0.05, 0) is 43.5 Å². The van der Waals surface area contributed by atoms with Gasteiger partial charge in [-0.2, -0.15) is 13.2 Å². The van der Waals surface area contributed by atoms with Gasteiger partial charge < -0.3 is 20.5 Å². The molecule has 4 aromatic rings. The highest BCUT2D eigenvalue weighted by atomic mass is 32.2. The van der Waals surface area contributed by atoms with Gasteiger partial charge in [-0.15, -0.1) is 11.8 Å². The van der Waals surface area contributed by atoms with E-state index >= 15 is 0 Å². The molecule has 4 atom stereocenters. The van der Waals surface area contributed by atoms with Gasteiger partial charge in [0.2, 0.25) is 0 Å². The monoisotopic (exact) mass is 489 g/mol. The molecule has 11 heteroatoms. The normalized spacial score (nSPS) is 23.2. The van der Waals surface area contributed by atoms with Crippen LogP contribution < -0.4 is 5.73 Å². The van der Waals surface area contributed by atoms with E-state index in [2.05, 4.69) is 15.0 Å². The van der Waals surface area contributed by atoms with E-state index in [4.69, 9.17) is 5.73 Å². The molecule has 178 valence electrons. The first kappa shape index (κ1) is 22.9. The van der Waals surface area contributed by atoms with E-state index < -0.39 is 35.1 Å². The number of aromatic nitrogens is 4. The molecule has 4 heterocycles. The number of nitrogen functional groups attached to an aromatic ring is 1. The summed E-state index contributed by atoms with van der Waals surface area (Å²) >= 11 is 1.48. The number of alkyl halides is 3. The second-order valence-corrected chi connectivity index (χ2v) is 9.81. The molecule has 4 N–H and O–H groups in total. The molecule has 0 bridgehead atoms. The fourth-order valence-electron chi connectivity index (χ4n) is 4.42. The molecule has 0 saturated carbocycles. The Labute approximate surface area is 196 Å². The number of thioether (sulfide) groups is 1. The summed E-state index contributed by atoms with van der Waals surface area (Å²) in [5.41, 5.74) is 7.37. The third-order valence-corrected chi connectivity index (χ3v) is 7.90. The van der Waals surface area contributed by atoms with E-state index in [9.17, 15) is 23.4 Å². The van der Waals surface area contributed by atoms with Gasteiger partial charge in [0.25, 0.3) is 0 Å². The van der Waals surface area contributed by atoms with E-state index in [1.165, 1.54) is 18.1 Å². The first-order chi connectivity index (χ1) is 16.1. The maximum absolute atomic E-state index is 13.1. The quantitative estimate of drug-likeness (QED) is 0.399. The molecule has 0 radical (unpaired) electrons. The Hall–Kier alpha value is -2.89. The van der Waals surface area contributed by atoms with E-state index in [1.54, 1.807) is 18.2 Å². The minimum absolute atomic E-state index is 0.235. The SMILES string of the molecule is Cc1ncnc2c1ccn2[C@@H]1S[C@@H](CCc2ccc3cc(C(F)(F)F)c(N)nc3c2)[C@H](O)[C@H]1O. The van der Waals surface area contributed by atoms with Gasteiger partial charge in [0.1, 0.15) is 29.3 Å². The molecular formula is C23H22F3N5O2S. The number of aliphatic hydroxyl groups excluding tert-OH is 2. The van der Waals surface area contributed by atoms with Crippen LogP contribution >= 0.6 is 11.8 Å². The van der Waals surface area contributed by atoms with Crippen LogP contribution in [0.15, 0.2) is 42.9 Å². The van der Waals surface area contributed by atoms with Crippen molar-refractivity contribution in [1.29, 1.82) is 0 Å². The average Bonchev–Trinajstić information content (AvgIpc) is 3.33. The van der Waals surface area contributed by atoms with E-state index in [-0.39, 0.29) is 5.25 Å². The fourth-order valence-corrected chi connectivity index (χ4v) is 5.98. The van der Waals surface area contributed by atoms with Gasteiger partial charge in [-0.25, -0.2) is 15.0 Å². The number of pyridine rings is 1. The highest BCUT2D eigenvalue weighted by Crippen LogP contribution is 2.45. The smallest absolute Gasteiger partial charge is 0.389 e. The van der Waals surface area contributed by atoms with Gasteiger partial charge in [-0.3, -0.25) is 0 Å². The summed E-state index contributed by atoms with van der Waals surface area (Å²) in [6.07, 6.45) is -2.02. The second kappa shape index (κ2) is 8.40. The van der Waals surface area contributed by atoms with Crippen LogP contribution in [-0.4, -0.2) is 47.2 Å². The Kier molecular flexibility index (Phi) is 5.65. The molecule has 1 aliphatic heterocycles. The minimum atomic E-state index is -4.56. The molecule has 0 spiro atoms. The van der Waals surface area contributed by atoms with Crippen LogP contribution in [0.3, 0.4) is 0 Å². The number of nitrogens with zero attached hydrogens (tertiary/aromatic N) is 4. The highest BCUT2D eigenvalue weighted by molar-refractivity contribution is 8.00. The molecule has 1 fully saturated rings. The number of halogens is 3. The molecule has 1 aliphatic rings. The number of benzene rings is 1. The third-order valence-electron chi connectivity index (χ3n) is 6.25. The van der Waals surface area contributed by atoms with Crippen molar-refractivity contribution >= 4 is 39.5 Å². The van der Waals surface area contributed by atoms with Crippen LogP contribution in [0.5, 0.6) is 0 Å². The number of anilines is 1. The zero-order chi connectivity index (χ0) is 24.2. The van der Waals surface area contributed by atoms with Crippen molar-refractivity contribution in [3.63, 3.8) is 0 Å². The molecule has 0 unspecified atom stereocenters. The molecule has 0 amide bonds. The van der Waals surface area contributed by atoms with Crippen molar-refractivity contribution < 1.29 is 23.4 Å². The maximum atomic E-state index is 13.1. The van der Waals surface area contributed by atoms with Crippen LogP contribution in [0.2, 0.25) is 0 Å². The van der Waals surface area contributed by atoms with E-state index in [0.717, 1.165) is 22.7 Å². The van der Waals surface area contributed by atoms with E-state index in [0.29, 0.717) is 29.4 Å². The zero-order valence-electron chi connectivity index (χ0n) is 18.1. The van der Waals surface area contributed by atoms with Crippen LogP contribution in [0, 0.1) is 6.92 Å². The Balaban J connectivity index is 1.33.